The summed E-state index contributed by atoms with van der Waals surface area (Å²) in [5.41, 5.74) is 4.36. The molecule has 0 aliphatic carbocycles. The third-order valence-corrected chi connectivity index (χ3v) is 5.28. The number of hydrazone groups is 1. The molecule has 1 N–H and O–H groups in total. The second-order valence-corrected chi connectivity index (χ2v) is 7.66. The first-order valence-electron chi connectivity index (χ1n) is 8.11. The van der Waals surface area contributed by atoms with E-state index in [9.17, 15) is 8.42 Å². The number of aromatic nitrogens is 2. The first-order valence-corrected chi connectivity index (χ1v) is 9.60. The summed E-state index contributed by atoms with van der Waals surface area (Å²) in [7, 11) is -3.69. The van der Waals surface area contributed by atoms with Crippen LogP contribution in [0, 0.1) is 20.8 Å². The standard InChI is InChI=1S/C19H20N4O2S/c1-14-9-11-18(12-10-14)26(24,25)22-20-13-19-15(2)21-23(16(19)3)17-7-5-4-6-8-17/h4-13,22H,1-3H3/b20-13-. The summed E-state index contributed by atoms with van der Waals surface area (Å²) in [5, 5.41) is 8.44. The number of aryl methyl sites for hydroxylation is 2. The highest BCUT2D eigenvalue weighted by Crippen LogP contribution is 2.16. The minimum Gasteiger partial charge on any atom is -0.237 e. The van der Waals surface area contributed by atoms with Crippen LogP contribution in [0.3, 0.4) is 0 Å². The van der Waals surface area contributed by atoms with Gasteiger partial charge in [0, 0.05) is 5.56 Å². The Kier molecular flexibility index (Phi) is 4.90. The molecule has 26 heavy (non-hydrogen) atoms. The van der Waals surface area contributed by atoms with Crippen LogP contribution in [0.25, 0.3) is 5.69 Å². The second-order valence-electron chi connectivity index (χ2n) is 6.00. The molecule has 0 amide bonds. The summed E-state index contributed by atoms with van der Waals surface area (Å²) in [6.45, 7) is 5.68. The maximum Gasteiger partial charge on any atom is 0.276 e. The summed E-state index contributed by atoms with van der Waals surface area (Å²) >= 11 is 0. The summed E-state index contributed by atoms with van der Waals surface area (Å²) in [6, 6.07) is 16.3. The Morgan fingerprint density at radius 1 is 1.00 bits per heavy atom. The number of benzene rings is 2. The average molecular weight is 368 g/mol. The predicted octanol–water partition coefficient (Wildman–Crippen LogP) is 3.11. The fraction of sp³-hybridized carbons (Fsp3) is 0.158. The molecular weight excluding hydrogens is 348 g/mol. The zero-order valence-corrected chi connectivity index (χ0v) is 15.7. The summed E-state index contributed by atoms with van der Waals surface area (Å²) in [4.78, 5) is 2.43. The van der Waals surface area contributed by atoms with Crippen molar-refractivity contribution in [3.05, 3.63) is 77.1 Å². The lowest BCUT2D eigenvalue weighted by molar-refractivity contribution is 0.584. The fourth-order valence-corrected chi connectivity index (χ4v) is 3.38. The van der Waals surface area contributed by atoms with E-state index in [1.807, 2.05) is 55.8 Å². The number of para-hydroxylation sites is 1. The molecule has 6 nitrogen and oxygen atoms in total. The van der Waals surface area contributed by atoms with E-state index in [0.29, 0.717) is 0 Å². The van der Waals surface area contributed by atoms with Crippen molar-refractivity contribution in [1.29, 1.82) is 0 Å². The Morgan fingerprint density at radius 3 is 2.31 bits per heavy atom. The maximum atomic E-state index is 12.3. The van der Waals surface area contributed by atoms with Gasteiger partial charge in [0.1, 0.15) is 0 Å². The van der Waals surface area contributed by atoms with Gasteiger partial charge in [-0.3, -0.25) is 0 Å². The number of hydrogen-bond donors (Lipinski definition) is 1. The molecule has 0 aliphatic heterocycles. The monoisotopic (exact) mass is 368 g/mol. The quantitative estimate of drug-likeness (QED) is 0.555. The zero-order chi connectivity index (χ0) is 18.7. The van der Waals surface area contributed by atoms with Crippen molar-refractivity contribution < 1.29 is 8.42 Å². The summed E-state index contributed by atoms with van der Waals surface area (Å²) < 4.78 is 26.4. The molecule has 0 fully saturated rings. The Bertz CT molecular complexity index is 1040. The van der Waals surface area contributed by atoms with Crippen LogP contribution in [-0.4, -0.2) is 24.4 Å². The van der Waals surface area contributed by atoms with Gasteiger partial charge in [0.05, 0.1) is 28.2 Å². The number of sulfonamides is 1. The third kappa shape index (κ3) is 3.67. The van der Waals surface area contributed by atoms with E-state index in [1.165, 1.54) is 6.21 Å². The molecule has 1 aromatic heterocycles. The number of rotatable bonds is 5. The van der Waals surface area contributed by atoms with Gasteiger partial charge in [-0.15, -0.1) is 0 Å². The van der Waals surface area contributed by atoms with Gasteiger partial charge >= 0.3 is 0 Å². The Balaban J connectivity index is 1.83. The molecule has 0 atom stereocenters. The van der Waals surface area contributed by atoms with Crippen molar-refractivity contribution in [2.24, 2.45) is 5.10 Å². The average Bonchev–Trinajstić information content (AvgIpc) is 2.91. The van der Waals surface area contributed by atoms with Crippen molar-refractivity contribution in [3.63, 3.8) is 0 Å². The minimum atomic E-state index is -3.69. The molecule has 1 heterocycles. The maximum absolute atomic E-state index is 12.3. The van der Waals surface area contributed by atoms with Gasteiger partial charge < -0.3 is 0 Å². The normalized spacial score (nSPS) is 11.8. The molecule has 0 spiro atoms. The van der Waals surface area contributed by atoms with Gasteiger partial charge in [0.15, 0.2) is 0 Å². The molecule has 0 saturated carbocycles. The van der Waals surface area contributed by atoms with Gasteiger partial charge in [0.2, 0.25) is 0 Å². The van der Waals surface area contributed by atoms with E-state index in [-0.39, 0.29) is 4.90 Å². The van der Waals surface area contributed by atoms with Crippen molar-refractivity contribution in [1.82, 2.24) is 14.6 Å². The van der Waals surface area contributed by atoms with E-state index < -0.39 is 10.0 Å². The largest absolute Gasteiger partial charge is 0.276 e. The molecule has 134 valence electrons. The Morgan fingerprint density at radius 2 is 1.65 bits per heavy atom. The molecule has 0 bridgehead atoms. The van der Waals surface area contributed by atoms with Crippen LogP contribution in [-0.2, 0) is 10.0 Å². The zero-order valence-electron chi connectivity index (χ0n) is 14.8. The summed E-state index contributed by atoms with van der Waals surface area (Å²) in [5.74, 6) is 0. The Labute approximate surface area is 153 Å². The van der Waals surface area contributed by atoms with Crippen LogP contribution < -0.4 is 4.83 Å². The Hall–Kier alpha value is -2.93. The molecule has 0 aliphatic rings. The predicted molar refractivity (Wildman–Crippen MR) is 102 cm³/mol. The smallest absolute Gasteiger partial charge is 0.237 e. The number of hydrogen-bond acceptors (Lipinski definition) is 4. The highest BCUT2D eigenvalue weighted by molar-refractivity contribution is 7.89. The molecule has 3 aromatic rings. The van der Waals surface area contributed by atoms with Gasteiger partial charge in [-0.05, 0) is 45.0 Å². The molecule has 0 unspecified atom stereocenters. The van der Waals surface area contributed by atoms with E-state index in [2.05, 4.69) is 15.0 Å². The van der Waals surface area contributed by atoms with E-state index in [4.69, 9.17) is 0 Å². The fourth-order valence-electron chi connectivity index (χ4n) is 2.59. The van der Waals surface area contributed by atoms with Gasteiger partial charge in [0.25, 0.3) is 10.0 Å². The first kappa shape index (κ1) is 17.9. The topological polar surface area (TPSA) is 76.3 Å². The van der Waals surface area contributed by atoms with Crippen LogP contribution in [0.2, 0.25) is 0 Å². The summed E-state index contributed by atoms with van der Waals surface area (Å²) in [6.07, 6.45) is 1.49. The van der Waals surface area contributed by atoms with E-state index in [0.717, 1.165) is 28.2 Å². The van der Waals surface area contributed by atoms with Crippen LogP contribution in [0.4, 0.5) is 0 Å². The van der Waals surface area contributed by atoms with Crippen molar-refractivity contribution in [3.8, 4) is 5.69 Å². The number of nitrogens with one attached hydrogen (secondary N) is 1. The van der Waals surface area contributed by atoms with Gasteiger partial charge in [-0.2, -0.15) is 18.6 Å². The minimum absolute atomic E-state index is 0.175. The third-order valence-electron chi connectivity index (χ3n) is 4.05. The van der Waals surface area contributed by atoms with E-state index >= 15 is 0 Å². The van der Waals surface area contributed by atoms with E-state index in [1.54, 1.807) is 24.3 Å². The van der Waals surface area contributed by atoms with Crippen LogP contribution in [0.1, 0.15) is 22.5 Å². The molecule has 0 saturated heterocycles. The van der Waals surface area contributed by atoms with Crippen LogP contribution in [0.5, 0.6) is 0 Å². The molecule has 0 radical (unpaired) electrons. The van der Waals surface area contributed by atoms with Crippen LogP contribution in [0.15, 0.2) is 64.6 Å². The lowest BCUT2D eigenvalue weighted by atomic mass is 10.2. The molecular formula is C19H20N4O2S. The highest BCUT2D eigenvalue weighted by Gasteiger charge is 2.14. The lowest BCUT2D eigenvalue weighted by Crippen LogP contribution is -2.18. The first-order chi connectivity index (χ1) is 12.4. The van der Waals surface area contributed by atoms with Crippen molar-refractivity contribution >= 4 is 16.2 Å². The van der Waals surface area contributed by atoms with Gasteiger partial charge in [-0.25, -0.2) is 9.51 Å². The van der Waals surface area contributed by atoms with Crippen LogP contribution >= 0.6 is 0 Å². The lowest BCUT2D eigenvalue weighted by Gasteiger charge is -2.04. The van der Waals surface area contributed by atoms with Gasteiger partial charge in [-0.1, -0.05) is 35.9 Å². The molecule has 3 rings (SSSR count). The SMILES string of the molecule is Cc1ccc(S(=O)(=O)N/N=C\c2c(C)nn(-c3ccccc3)c2C)cc1. The highest BCUT2D eigenvalue weighted by atomic mass is 32.2. The molecule has 7 heteroatoms. The van der Waals surface area contributed by atoms with Crippen molar-refractivity contribution in [2.75, 3.05) is 0 Å². The van der Waals surface area contributed by atoms with Crippen molar-refractivity contribution in [2.45, 2.75) is 25.7 Å². The molecule has 2 aromatic carbocycles. The number of nitrogens with zero attached hydrogens (tertiary/aromatic N) is 3. The second kappa shape index (κ2) is 7.13.